The Hall–Kier alpha value is -1.56. The summed E-state index contributed by atoms with van der Waals surface area (Å²) in [6.07, 6.45) is 3.66. The standard InChI is InChI=1S/C13H15F3N2O/c14-8-4-5-9(11(16)10(8)15)18-12(19)13(17)6-2-1-3-7-13/h4-5H,1-3,6-7,17H2,(H,18,19). The Morgan fingerprint density at radius 2 is 1.74 bits per heavy atom. The Morgan fingerprint density at radius 1 is 1.11 bits per heavy atom. The molecule has 0 radical (unpaired) electrons. The molecule has 1 aliphatic rings. The maximum Gasteiger partial charge on any atom is 0.244 e. The number of benzene rings is 1. The molecule has 1 aromatic rings. The number of nitrogens with two attached hydrogens (primary N) is 1. The Bertz CT molecular complexity index is 499. The molecule has 0 saturated heterocycles. The SMILES string of the molecule is NC1(C(=O)Nc2ccc(F)c(F)c2F)CCCCC1. The van der Waals surface area contributed by atoms with Gasteiger partial charge in [-0.2, -0.15) is 0 Å². The quantitative estimate of drug-likeness (QED) is 0.813. The van der Waals surface area contributed by atoms with Crippen LogP contribution in [0.1, 0.15) is 32.1 Å². The number of carbonyl (C=O) groups excluding carboxylic acids is 1. The maximum atomic E-state index is 13.4. The summed E-state index contributed by atoms with van der Waals surface area (Å²) in [4.78, 5) is 12.0. The largest absolute Gasteiger partial charge is 0.322 e. The molecule has 0 unspecified atom stereocenters. The minimum Gasteiger partial charge on any atom is -0.322 e. The smallest absolute Gasteiger partial charge is 0.244 e. The van der Waals surface area contributed by atoms with Gasteiger partial charge in [0.2, 0.25) is 5.91 Å². The van der Waals surface area contributed by atoms with E-state index in [9.17, 15) is 18.0 Å². The topological polar surface area (TPSA) is 55.1 Å². The highest BCUT2D eigenvalue weighted by atomic mass is 19.2. The summed E-state index contributed by atoms with van der Waals surface area (Å²) < 4.78 is 39.3. The zero-order chi connectivity index (χ0) is 14.0. The van der Waals surface area contributed by atoms with Crippen LogP contribution in [0.5, 0.6) is 0 Å². The molecule has 0 atom stereocenters. The second-order valence-corrected chi connectivity index (χ2v) is 4.89. The fraction of sp³-hybridized carbons (Fsp3) is 0.462. The summed E-state index contributed by atoms with van der Waals surface area (Å²) in [7, 11) is 0. The van der Waals surface area contributed by atoms with Crippen LogP contribution in [0.2, 0.25) is 0 Å². The average Bonchev–Trinajstić information content (AvgIpc) is 2.40. The lowest BCUT2D eigenvalue weighted by atomic mass is 9.82. The third-order valence-corrected chi connectivity index (χ3v) is 3.48. The summed E-state index contributed by atoms with van der Waals surface area (Å²) >= 11 is 0. The lowest BCUT2D eigenvalue weighted by Crippen LogP contribution is -2.52. The summed E-state index contributed by atoms with van der Waals surface area (Å²) in [5.41, 5.74) is 4.52. The first-order valence-electron chi connectivity index (χ1n) is 6.18. The van der Waals surface area contributed by atoms with Crippen LogP contribution in [0.4, 0.5) is 18.9 Å². The van der Waals surface area contributed by atoms with Crippen molar-refractivity contribution in [2.45, 2.75) is 37.6 Å². The van der Waals surface area contributed by atoms with Gasteiger partial charge in [-0.15, -0.1) is 0 Å². The van der Waals surface area contributed by atoms with Gasteiger partial charge in [-0.3, -0.25) is 4.79 Å². The molecular weight excluding hydrogens is 257 g/mol. The summed E-state index contributed by atoms with van der Waals surface area (Å²) in [6, 6.07) is 1.75. The molecule has 0 bridgehead atoms. The van der Waals surface area contributed by atoms with Gasteiger partial charge in [-0.25, -0.2) is 13.2 Å². The molecule has 0 aliphatic heterocycles. The zero-order valence-electron chi connectivity index (χ0n) is 10.3. The van der Waals surface area contributed by atoms with Gasteiger partial charge in [0, 0.05) is 0 Å². The first kappa shape index (κ1) is 13.9. The van der Waals surface area contributed by atoms with E-state index >= 15 is 0 Å². The van der Waals surface area contributed by atoms with E-state index in [-0.39, 0.29) is 5.69 Å². The van der Waals surface area contributed by atoms with Gasteiger partial charge in [0.05, 0.1) is 11.2 Å². The molecule has 3 nitrogen and oxygen atoms in total. The van der Waals surface area contributed by atoms with Crippen LogP contribution in [0, 0.1) is 17.5 Å². The second kappa shape index (κ2) is 5.21. The van der Waals surface area contributed by atoms with Gasteiger partial charge in [-0.05, 0) is 25.0 Å². The van der Waals surface area contributed by atoms with Crippen molar-refractivity contribution in [1.29, 1.82) is 0 Å². The van der Waals surface area contributed by atoms with Crippen LogP contribution in [0.15, 0.2) is 12.1 Å². The predicted octanol–water partition coefficient (Wildman–Crippen LogP) is 2.70. The number of carbonyl (C=O) groups is 1. The molecule has 6 heteroatoms. The molecule has 2 rings (SSSR count). The average molecular weight is 272 g/mol. The van der Waals surface area contributed by atoms with Crippen LogP contribution >= 0.6 is 0 Å². The van der Waals surface area contributed by atoms with Crippen molar-refractivity contribution in [1.82, 2.24) is 0 Å². The van der Waals surface area contributed by atoms with Crippen molar-refractivity contribution in [3.8, 4) is 0 Å². The maximum absolute atomic E-state index is 13.4. The van der Waals surface area contributed by atoms with Gasteiger partial charge in [-0.1, -0.05) is 19.3 Å². The molecule has 1 aliphatic carbocycles. The molecular formula is C13H15F3N2O. The fourth-order valence-electron chi connectivity index (χ4n) is 2.28. The molecule has 0 aromatic heterocycles. The van der Waals surface area contributed by atoms with E-state index in [2.05, 4.69) is 5.32 Å². The minimum absolute atomic E-state index is 0.390. The van der Waals surface area contributed by atoms with E-state index in [1.165, 1.54) is 0 Å². The number of amides is 1. The van der Waals surface area contributed by atoms with Crippen LogP contribution in [0.25, 0.3) is 0 Å². The monoisotopic (exact) mass is 272 g/mol. The molecule has 1 saturated carbocycles. The van der Waals surface area contributed by atoms with Crippen molar-refractivity contribution in [3.05, 3.63) is 29.6 Å². The second-order valence-electron chi connectivity index (χ2n) is 4.89. The third-order valence-electron chi connectivity index (χ3n) is 3.48. The van der Waals surface area contributed by atoms with Crippen molar-refractivity contribution in [2.75, 3.05) is 5.32 Å². The molecule has 1 aromatic carbocycles. The fourth-order valence-corrected chi connectivity index (χ4v) is 2.28. The van der Waals surface area contributed by atoms with E-state index in [0.717, 1.165) is 31.4 Å². The Kier molecular flexibility index (Phi) is 3.80. The van der Waals surface area contributed by atoms with Gasteiger partial charge in [0.25, 0.3) is 0 Å². The lowest BCUT2D eigenvalue weighted by Gasteiger charge is -2.31. The van der Waals surface area contributed by atoms with E-state index in [4.69, 9.17) is 5.73 Å². The van der Waals surface area contributed by atoms with E-state index in [1.54, 1.807) is 0 Å². The Labute approximate surface area is 109 Å². The summed E-state index contributed by atoms with van der Waals surface area (Å²) in [5, 5.41) is 2.24. The van der Waals surface area contributed by atoms with E-state index < -0.39 is 28.9 Å². The lowest BCUT2D eigenvalue weighted by molar-refractivity contribution is -0.122. The number of hydrogen-bond donors (Lipinski definition) is 2. The number of nitrogens with one attached hydrogen (secondary N) is 1. The van der Waals surface area contributed by atoms with Crippen molar-refractivity contribution in [2.24, 2.45) is 5.73 Å². The zero-order valence-corrected chi connectivity index (χ0v) is 10.3. The Morgan fingerprint density at radius 3 is 2.37 bits per heavy atom. The van der Waals surface area contributed by atoms with Crippen molar-refractivity contribution >= 4 is 11.6 Å². The molecule has 1 fully saturated rings. The minimum atomic E-state index is -1.60. The van der Waals surface area contributed by atoms with Crippen LogP contribution in [0.3, 0.4) is 0 Å². The molecule has 3 N–H and O–H groups in total. The van der Waals surface area contributed by atoms with Gasteiger partial charge in [0.15, 0.2) is 17.5 Å². The third kappa shape index (κ3) is 2.73. The van der Waals surface area contributed by atoms with Gasteiger partial charge in [0.1, 0.15) is 0 Å². The highest BCUT2D eigenvalue weighted by Gasteiger charge is 2.35. The number of anilines is 1. The normalized spacial score (nSPS) is 18.1. The van der Waals surface area contributed by atoms with Crippen molar-refractivity contribution < 1.29 is 18.0 Å². The van der Waals surface area contributed by atoms with E-state index in [0.29, 0.717) is 12.8 Å². The first-order valence-corrected chi connectivity index (χ1v) is 6.18. The van der Waals surface area contributed by atoms with Gasteiger partial charge < -0.3 is 11.1 Å². The molecule has 1 amide bonds. The molecule has 19 heavy (non-hydrogen) atoms. The Balaban J connectivity index is 2.17. The van der Waals surface area contributed by atoms with Crippen LogP contribution in [-0.4, -0.2) is 11.4 Å². The number of halogens is 3. The molecule has 0 spiro atoms. The highest BCUT2D eigenvalue weighted by Crippen LogP contribution is 2.28. The van der Waals surface area contributed by atoms with Crippen LogP contribution < -0.4 is 11.1 Å². The highest BCUT2D eigenvalue weighted by molar-refractivity contribution is 5.98. The first-order chi connectivity index (χ1) is 8.94. The summed E-state index contributed by atoms with van der Waals surface area (Å²) in [5.74, 6) is -4.87. The number of hydrogen-bond acceptors (Lipinski definition) is 2. The van der Waals surface area contributed by atoms with Crippen LogP contribution in [-0.2, 0) is 4.79 Å². The van der Waals surface area contributed by atoms with E-state index in [1.807, 2.05) is 0 Å². The number of rotatable bonds is 2. The molecule has 0 heterocycles. The summed E-state index contributed by atoms with van der Waals surface area (Å²) in [6.45, 7) is 0. The predicted molar refractivity (Wildman–Crippen MR) is 64.9 cm³/mol. The van der Waals surface area contributed by atoms with Gasteiger partial charge >= 0.3 is 0 Å². The molecule has 104 valence electrons. The van der Waals surface area contributed by atoms with Crippen molar-refractivity contribution in [3.63, 3.8) is 0 Å².